The van der Waals surface area contributed by atoms with Crippen molar-refractivity contribution in [3.8, 4) is 45.3 Å². The minimum absolute atomic E-state index is 0.661. The number of rotatable bonds is 5. The molecule has 57 heavy (non-hydrogen) atoms. The van der Waals surface area contributed by atoms with Crippen molar-refractivity contribution in [2.45, 2.75) is 0 Å². The molecule has 266 valence electrons. The summed E-state index contributed by atoms with van der Waals surface area (Å²) in [4.78, 5) is 10.5. The molecule has 12 aromatic rings. The van der Waals surface area contributed by atoms with Gasteiger partial charge < -0.3 is 8.98 Å². The van der Waals surface area contributed by atoms with Crippen molar-refractivity contribution >= 4 is 65.6 Å². The van der Waals surface area contributed by atoms with E-state index < -0.39 is 0 Å². The molecule has 5 nitrogen and oxygen atoms in total. The van der Waals surface area contributed by atoms with Gasteiger partial charge in [0, 0.05) is 55.2 Å². The summed E-state index contributed by atoms with van der Waals surface area (Å²) in [5.74, 6) is 1.43. The van der Waals surface area contributed by atoms with Crippen molar-refractivity contribution < 1.29 is 4.42 Å². The first-order valence-electron chi connectivity index (χ1n) is 19.3. The molecule has 0 N–H and O–H groups in total. The molecule has 5 heteroatoms. The Bertz CT molecular complexity index is 3450. The van der Waals surface area contributed by atoms with Gasteiger partial charge in [0.1, 0.15) is 11.4 Å². The lowest BCUT2D eigenvalue weighted by molar-refractivity contribution is 0.671. The Hall–Kier alpha value is -7.76. The Balaban J connectivity index is 1.23. The SMILES string of the molecule is c1ccc(-c2cc(-n3c4ccccc4c4c(-c5ccc6c7ccccc7n(-c7ccccc7)c6c5)cc5c6ccccc6oc5c43)nc(-c3ccccc3)n2)cc1. The van der Waals surface area contributed by atoms with E-state index in [1.54, 1.807) is 0 Å². The van der Waals surface area contributed by atoms with Crippen molar-refractivity contribution in [3.63, 3.8) is 0 Å². The van der Waals surface area contributed by atoms with E-state index in [1.807, 2.05) is 30.3 Å². The number of benzene rings is 8. The Morgan fingerprint density at radius 2 is 1.02 bits per heavy atom. The van der Waals surface area contributed by atoms with Crippen LogP contribution in [0.15, 0.2) is 199 Å². The van der Waals surface area contributed by atoms with Crippen molar-refractivity contribution in [1.29, 1.82) is 0 Å². The minimum Gasteiger partial charge on any atom is -0.454 e. The summed E-state index contributed by atoms with van der Waals surface area (Å²) in [6.07, 6.45) is 0. The van der Waals surface area contributed by atoms with E-state index in [0.29, 0.717) is 5.82 Å². The lowest BCUT2D eigenvalue weighted by Crippen LogP contribution is -2.02. The normalized spacial score (nSPS) is 11.9. The Labute approximate surface area is 327 Å². The minimum atomic E-state index is 0.661. The van der Waals surface area contributed by atoms with Gasteiger partial charge in [-0.05, 0) is 53.6 Å². The zero-order chi connectivity index (χ0) is 37.5. The molecule has 0 bridgehead atoms. The third-order valence-corrected chi connectivity index (χ3v) is 11.3. The van der Waals surface area contributed by atoms with Gasteiger partial charge in [-0.2, -0.15) is 0 Å². The third-order valence-electron chi connectivity index (χ3n) is 11.3. The van der Waals surface area contributed by atoms with Gasteiger partial charge in [-0.25, -0.2) is 9.97 Å². The highest BCUT2D eigenvalue weighted by molar-refractivity contribution is 6.26. The predicted molar refractivity (Wildman–Crippen MR) is 234 cm³/mol. The Kier molecular flexibility index (Phi) is 6.86. The highest BCUT2D eigenvalue weighted by Crippen LogP contribution is 2.46. The van der Waals surface area contributed by atoms with Gasteiger partial charge in [-0.3, -0.25) is 4.57 Å². The van der Waals surface area contributed by atoms with E-state index in [4.69, 9.17) is 14.4 Å². The van der Waals surface area contributed by atoms with E-state index in [-0.39, 0.29) is 0 Å². The highest BCUT2D eigenvalue weighted by Gasteiger charge is 2.25. The van der Waals surface area contributed by atoms with Gasteiger partial charge in [-0.15, -0.1) is 0 Å². The molecule has 0 unspecified atom stereocenters. The smallest absolute Gasteiger partial charge is 0.162 e. The van der Waals surface area contributed by atoms with Crippen LogP contribution in [-0.2, 0) is 0 Å². The zero-order valence-electron chi connectivity index (χ0n) is 30.7. The standard InChI is InChI=1S/C52H32N4O/c1-4-16-33(17-5-1)43-32-48(54-52(53-43)34-18-6-2-7-19-34)56-45-26-14-11-24-40(45)49-41(31-42-39-23-12-15-27-47(39)57-51(42)50(49)56)35-28-29-38-37-22-10-13-25-44(37)55(46(38)30-35)36-20-8-3-9-21-36/h1-32H. The molecule has 0 radical (unpaired) electrons. The molecular weight excluding hydrogens is 697 g/mol. The molecule has 8 aromatic carbocycles. The van der Waals surface area contributed by atoms with Crippen molar-refractivity contribution in [2.75, 3.05) is 0 Å². The van der Waals surface area contributed by atoms with E-state index >= 15 is 0 Å². The highest BCUT2D eigenvalue weighted by atomic mass is 16.3. The molecule has 4 aromatic heterocycles. The summed E-state index contributed by atoms with van der Waals surface area (Å²) in [5.41, 5.74) is 12.2. The molecule has 12 rings (SSSR count). The number of fused-ring (bicyclic) bond motifs is 10. The second-order valence-electron chi connectivity index (χ2n) is 14.6. The Morgan fingerprint density at radius 3 is 1.79 bits per heavy atom. The number of nitrogens with zero attached hydrogens (tertiary/aromatic N) is 4. The zero-order valence-corrected chi connectivity index (χ0v) is 30.7. The first kappa shape index (κ1) is 31.6. The summed E-state index contributed by atoms with van der Waals surface area (Å²) in [5, 5.41) is 6.81. The fourth-order valence-corrected chi connectivity index (χ4v) is 8.81. The molecule has 0 aliphatic carbocycles. The number of hydrogen-bond donors (Lipinski definition) is 0. The number of aromatic nitrogens is 4. The van der Waals surface area contributed by atoms with Gasteiger partial charge >= 0.3 is 0 Å². The lowest BCUT2D eigenvalue weighted by Gasteiger charge is -2.13. The lowest BCUT2D eigenvalue weighted by atomic mass is 9.96. The van der Waals surface area contributed by atoms with E-state index in [1.165, 1.54) is 16.3 Å². The molecule has 4 heterocycles. The van der Waals surface area contributed by atoms with Gasteiger partial charge in [0.15, 0.2) is 11.4 Å². The van der Waals surface area contributed by atoms with Crippen LogP contribution in [0.1, 0.15) is 0 Å². The summed E-state index contributed by atoms with van der Waals surface area (Å²) in [7, 11) is 0. The van der Waals surface area contributed by atoms with Crippen molar-refractivity contribution in [3.05, 3.63) is 194 Å². The van der Waals surface area contributed by atoms with E-state index in [0.717, 1.165) is 88.7 Å². The topological polar surface area (TPSA) is 48.8 Å². The fraction of sp³-hybridized carbons (Fsp3) is 0. The third kappa shape index (κ3) is 4.82. The van der Waals surface area contributed by atoms with Crippen LogP contribution in [0.5, 0.6) is 0 Å². The molecule has 0 spiro atoms. The van der Waals surface area contributed by atoms with E-state index in [2.05, 4.69) is 173 Å². The van der Waals surface area contributed by atoms with E-state index in [9.17, 15) is 0 Å². The molecule has 0 fully saturated rings. The average Bonchev–Trinajstić information content (AvgIpc) is 3.95. The number of furan rings is 1. The molecule has 0 saturated carbocycles. The van der Waals surface area contributed by atoms with Gasteiger partial charge in [0.2, 0.25) is 0 Å². The van der Waals surface area contributed by atoms with Crippen LogP contribution in [-0.4, -0.2) is 19.1 Å². The molecule has 0 aliphatic heterocycles. The summed E-state index contributed by atoms with van der Waals surface area (Å²) < 4.78 is 11.6. The largest absolute Gasteiger partial charge is 0.454 e. The molecule has 0 atom stereocenters. The maximum atomic E-state index is 6.90. The maximum absolute atomic E-state index is 6.90. The summed E-state index contributed by atoms with van der Waals surface area (Å²) in [6.45, 7) is 0. The van der Waals surface area contributed by atoms with Gasteiger partial charge in [0.05, 0.1) is 27.8 Å². The quantitative estimate of drug-likeness (QED) is 0.177. The molecule has 0 saturated heterocycles. The second-order valence-corrected chi connectivity index (χ2v) is 14.6. The summed E-state index contributed by atoms with van der Waals surface area (Å²) in [6, 6.07) is 68.3. The van der Waals surface area contributed by atoms with Crippen LogP contribution in [0, 0.1) is 0 Å². The van der Waals surface area contributed by atoms with Crippen molar-refractivity contribution in [1.82, 2.24) is 19.1 Å². The first-order chi connectivity index (χ1) is 28.3. The molecule has 0 amide bonds. The summed E-state index contributed by atoms with van der Waals surface area (Å²) >= 11 is 0. The maximum Gasteiger partial charge on any atom is 0.162 e. The predicted octanol–water partition coefficient (Wildman–Crippen LogP) is 13.6. The van der Waals surface area contributed by atoms with Crippen LogP contribution in [0.4, 0.5) is 0 Å². The van der Waals surface area contributed by atoms with Crippen molar-refractivity contribution in [2.24, 2.45) is 0 Å². The average molecular weight is 729 g/mol. The van der Waals surface area contributed by atoms with Crippen LogP contribution in [0.2, 0.25) is 0 Å². The van der Waals surface area contributed by atoms with Crippen LogP contribution < -0.4 is 0 Å². The molecule has 0 aliphatic rings. The monoisotopic (exact) mass is 728 g/mol. The van der Waals surface area contributed by atoms with Gasteiger partial charge in [0.25, 0.3) is 0 Å². The second kappa shape index (κ2) is 12.4. The van der Waals surface area contributed by atoms with Crippen LogP contribution in [0.3, 0.4) is 0 Å². The van der Waals surface area contributed by atoms with Gasteiger partial charge in [-0.1, -0.05) is 146 Å². The number of hydrogen-bond acceptors (Lipinski definition) is 3. The number of para-hydroxylation sites is 4. The fourth-order valence-electron chi connectivity index (χ4n) is 8.81. The Morgan fingerprint density at radius 1 is 0.404 bits per heavy atom. The van der Waals surface area contributed by atoms with Crippen LogP contribution >= 0.6 is 0 Å². The first-order valence-corrected chi connectivity index (χ1v) is 19.3. The van der Waals surface area contributed by atoms with Crippen LogP contribution in [0.25, 0.3) is 111 Å². The molecular formula is C52H32N4O.